The quantitative estimate of drug-likeness (QED) is 0.0719. The first kappa shape index (κ1) is 69.7. The molecule has 534 valence electrons. The van der Waals surface area contributed by atoms with Gasteiger partial charge in [0.25, 0.3) is 0 Å². The number of carbonyl (C=O) groups excluding carboxylic acids is 7. The van der Waals surface area contributed by atoms with Gasteiger partial charge in [-0.05, 0) is 134 Å². The molecule has 26 nitrogen and oxygen atoms in total. The molecule has 9 aromatic rings. The van der Waals surface area contributed by atoms with Crippen molar-refractivity contribution in [1.29, 1.82) is 0 Å². The highest BCUT2D eigenvalue weighted by Gasteiger charge is 2.42. The number of benzene rings is 9. The van der Waals surface area contributed by atoms with Gasteiger partial charge in [0.15, 0.2) is 23.0 Å². The van der Waals surface area contributed by atoms with Crippen LogP contribution in [0.4, 0.5) is 0 Å². The molecule has 17 bridgehead atoms. The lowest BCUT2D eigenvalue weighted by Crippen LogP contribution is -2.57. The van der Waals surface area contributed by atoms with Gasteiger partial charge in [-0.25, -0.2) is 0 Å². The van der Waals surface area contributed by atoms with Gasteiger partial charge in [0.1, 0.15) is 88.6 Å². The van der Waals surface area contributed by atoms with Crippen LogP contribution in [0.5, 0.6) is 69.0 Å². The number of halogens is 2. The molecule has 1 saturated heterocycles. The topological polar surface area (TPSA) is 393 Å². The highest BCUT2D eigenvalue weighted by molar-refractivity contribution is 6.32. The normalized spacial score (nSPS) is 21.2. The summed E-state index contributed by atoms with van der Waals surface area (Å²) in [7, 11) is 0. The number of nitrogens with one attached hydrogen (secondary N) is 6. The highest BCUT2D eigenvalue weighted by Crippen LogP contribution is 2.48. The molecule has 0 spiro atoms. The number of aliphatic hydroxyl groups is 1. The van der Waals surface area contributed by atoms with Gasteiger partial charge in [-0.3, -0.25) is 38.5 Å². The smallest absolute Gasteiger partial charge is 0.249 e. The van der Waals surface area contributed by atoms with E-state index in [-0.39, 0.29) is 97.1 Å². The molecule has 0 radical (unpaired) electrons. The van der Waals surface area contributed by atoms with Crippen LogP contribution >= 0.6 is 23.2 Å². The van der Waals surface area contributed by atoms with Crippen LogP contribution < -0.4 is 51.8 Å². The fraction of sp³-hybridized carbons (Fsp3) is 0.182. The molecule has 0 saturated carbocycles. The lowest BCUT2D eigenvalue weighted by molar-refractivity contribution is -0.140. The third-order valence-electron chi connectivity index (χ3n) is 18.8. The summed E-state index contributed by atoms with van der Waals surface area (Å²) in [5.74, 6) is -13.2. The molecule has 9 aromatic carbocycles. The monoisotopic (exact) mass is 1460 g/mol. The summed E-state index contributed by atoms with van der Waals surface area (Å²) in [6.45, 7) is 1.45. The molecular weight excluding hydrogens is 1390 g/mol. The minimum Gasteiger partial charge on any atom is -0.508 e. The number of amides is 7. The van der Waals surface area contributed by atoms with Crippen molar-refractivity contribution in [2.45, 2.75) is 61.4 Å². The Morgan fingerprint density at radius 3 is 1.77 bits per heavy atom. The lowest BCUT2D eigenvalue weighted by Gasteiger charge is -2.37. The van der Waals surface area contributed by atoms with Crippen LogP contribution in [0.1, 0.15) is 91.9 Å². The van der Waals surface area contributed by atoms with Crippen LogP contribution in [-0.4, -0.2) is 125 Å². The molecule has 0 unspecified atom stereocenters. The number of phenols is 6. The maximum absolute atomic E-state index is 16.0. The third-order valence-corrected chi connectivity index (χ3v) is 19.4. The van der Waals surface area contributed by atoms with E-state index in [9.17, 15) is 40.5 Å². The van der Waals surface area contributed by atoms with Gasteiger partial charge < -0.3 is 92.5 Å². The van der Waals surface area contributed by atoms with Crippen LogP contribution in [0.15, 0.2) is 170 Å². The van der Waals surface area contributed by atoms with Gasteiger partial charge >= 0.3 is 0 Å². The van der Waals surface area contributed by atoms with E-state index < -0.39 is 136 Å². The number of ether oxygens (including phenoxy) is 3. The summed E-state index contributed by atoms with van der Waals surface area (Å²) >= 11 is 13.9. The number of aromatic hydroxyl groups is 6. The molecule has 105 heavy (non-hydrogen) atoms. The largest absolute Gasteiger partial charge is 0.508 e. The molecule has 8 atom stereocenters. The number of fused-ring (bicyclic) bond motifs is 14. The zero-order chi connectivity index (χ0) is 73.6. The molecule has 15 N–H and O–H groups in total. The van der Waals surface area contributed by atoms with E-state index in [0.717, 1.165) is 59.2 Å². The second kappa shape index (κ2) is 28.8. The first-order valence-electron chi connectivity index (χ1n) is 33.1. The van der Waals surface area contributed by atoms with E-state index in [2.05, 4.69) is 36.8 Å². The highest BCUT2D eigenvalue weighted by atomic mass is 35.5. The summed E-state index contributed by atoms with van der Waals surface area (Å²) in [6, 6.07) is 27.5. The first-order chi connectivity index (χ1) is 50.4. The van der Waals surface area contributed by atoms with Gasteiger partial charge in [-0.2, -0.15) is 0 Å². The minimum atomic E-state index is -2.16. The van der Waals surface area contributed by atoms with Gasteiger partial charge in [-0.15, -0.1) is 0 Å². The Balaban J connectivity index is 0.876. The Kier molecular flexibility index (Phi) is 19.2. The Morgan fingerprint density at radius 1 is 0.495 bits per heavy atom. The minimum absolute atomic E-state index is 0.110. The second-order valence-electron chi connectivity index (χ2n) is 25.8. The third kappa shape index (κ3) is 14.6. The summed E-state index contributed by atoms with van der Waals surface area (Å²) in [5.41, 5.74) is 8.19. The van der Waals surface area contributed by atoms with Crippen molar-refractivity contribution in [3.05, 3.63) is 236 Å². The van der Waals surface area contributed by atoms with Crippen LogP contribution in [0, 0.1) is 0 Å². The lowest BCUT2D eigenvalue weighted by atomic mass is 9.89. The molecule has 7 aliphatic rings. The number of carbonyl (C=O) groups is 7. The fourth-order valence-corrected chi connectivity index (χ4v) is 13.8. The SMILES string of the molecule is N[C@H]1C(=O)N[C@@H]2Cc3ccc(c(Cl)c3)Oc3cc4cc(c3O)Oc3ccc(cc3Cl)[C@@H](O)[C@@H]3NC(=O)[C@H](NC(=O)[C@@H]4NC(=O)[C@@H](NC2=O)c2cc(O)cc(c2)Oc2cc1ccc2O)c1ccc(O)c(c1)-c1c(O)cc(O)cc1[C@@H](C(=O)N1CCN(Cc2ccc(/C=C/c4ccccc4)cc2)CC1)NC3=O. The molecular formula is C77H65Cl2N9O17. The molecule has 7 aliphatic heterocycles. The predicted molar refractivity (Wildman–Crippen MR) is 381 cm³/mol. The van der Waals surface area contributed by atoms with Crippen molar-refractivity contribution in [3.63, 3.8) is 0 Å². The van der Waals surface area contributed by atoms with E-state index in [1.165, 1.54) is 77.7 Å². The molecule has 1 fully saturated rings. The number of rotatable bonds is 5. The number of aliphatic hydroxyl groups excluding tert-OH is 1. The Hall–Kier alpha value is -12.3. The maximum Gasteiger partial charge on any atom is 0.249 e. The fourth-order valence-electron chi connectivity index (χ4n) is 13.3. The molecule has 28 heteroatoms. The molecule has 0 aromatic heterocycles. The van der Waals surface area contributed by atoms with E-state index >= 15 is 28.8 Å². The molecule has 0 aliphatic carbocycles. The maximum atomic E-state index is 16.0. The standard InChI is InChI=1S/C77H65Cl2N9O17/c78-51-24-40-12-18-57(51)104-60-31-45-32-61(70(60)95)105-58-19-15-43(29-52(58)79)69(94)68-76(101)85-67(77(102)88-22-20-87(21-23-88)36-39-10-8-38(9-11-39)7-6-37-4-2-1-3-5-37)50-34-47(90)35-56(93)62(50)49-28-42(14-16-54(49)91)64(73(98)86-68)83-75(100)66(45)84-74(99)65-44-26-46(89)33-48(27-44)103-59-30-41(13-17-55(59)92)63(80)72(97)81-53(25-40)71(96)82-65/h1-19,24,26-35,53,63-69,89-95H,20-23,25,36,80H2,(H,81,97)(H,82,96)(H,83,100)(H,84,99)(H,85,101)(H,86,98)/b7-6+/t53-,63-,64-,65+,66-,67+,68+,69-/m1/s1. The van der Waals surface area contributed by atoms with Crippen molar-refractivity contribution in [2.24, 2.45) is 5.73 Å². The molecule has 7 amide bonds. The van der Waals surface area contributed by atoms with E-state index in [0.29, 0.717) is 25.2 Å². The van der Waals surface area contributed by atoms with Crippen LogP contribution in [0.3, 0.4) is 0 Å². The molecule has 7 heterocycles. The van der Waals surface area contributed by atoms with Crippen molar-refractivity contribution in [1.82, 2.24) is 41.7 Å². The number of hydrogen-bond donors (Lipinski definition) is 14. The number of piperazine rings is 1. The van der Waals surface area contributed by atoms with Crippen molar-refractivity contribution >= 4 is 76.7 Å². The number of phenolic OH excluding ortho intramolecular Hbond substituents is 6. The summed E-state index contributed by atoms with van der Waals surface area (Å²) in [6.07, 6.45) is 1.60. The Labute approximate surface area is 607 Å². The Morgan fingerprint density at radius 2 is 1.09 bits per heavy atom. The number of nitrogens with two attached hydrogens (primary N) is 1. The first-order valence-corrected chi connectivity index (χ1v) is 33.8. The zero-order valence-electron chi connectivity index (χ0n) is 55.1. The van der Waals surface area contributed by atoms with Gasteiger partial charge in [-0.1, -0.05) is 114 Å². The summed E-state index contributed by atoms with van der Waals surface area (Å²) in [5, 5.41) is 98.0. The average Bonchev–Trinajstić information content (AvgIpc) is 0.814. The number of hydrogen-bond acceptors (Lipinski definition) is 19. The van der Waals surface area contributed by atoms with Crippen LogP contribution in [0.2, 0.25) is 10.0 Å². The van der Waals surface area contributed by atoms with Gasteiger partial charge in [0, 0.05) is 62.4 Å². The van der Waals surface area contributed by atoms with Crippen LogP contribution in [-0.2, 0) is 46.5 Å². The van der Waals surface area contributed by atoms with E-state index in [1.54, 1.807) is 0 Å². The zero-order valence-corrected chi connectivity index (χ0v) is 56.6. The van der Waals surface area contributed by atoms with Crippen molar-refractivity contribution in [3.8, 4) is 80.1 Å². The van der Waals surface area contributed by atoms with E-state index in [1.807, 2.05) is 66.7 Å². The summed E-state index contributed by atoms with van der Waals surface area (Å²) < 4.78 is 18.7. The van der Waals surface area contributed by atoms with Gasteiger partial charge in [0.2, 0.25) is 47.1 Å². The van der Waals surface area contributed by atoms with Crippen LogP contribution in [0.25, 0.3) is 23.3 Å². The van der Waals surface area contributed by atoms with E-state index in [4.69, 9.17) is 43.1 Å². The Bertz CT molecular complexity index is 5060. The average molecular weight is 1460 g/mol. The molecule has 16 rings (SSSR count). The summed E-state index contributed by atoms with van der Waals surface area (Å²) in [4.78, 5) is 111. The number of nitrogens with zero attached hydrogens (tertiary/aromatic N) is 2. The van der Waals surface area contributed by atoms with Crippen molar-refractivity contribution in [2.75, 3.05) is 26.2 Å². The van der Waals surface area contributed by atoms with Gasteiger partial charge in [0.05, 0.1) is 10.0 Å². The van der Waals surface area contributed by atoms with Crippen molar-refractivity contribution < 1.29 is 83.5 Å². The predicted octanol–water partition coefficient (Wildman–Crippen LogP) is 8.42. The second-order valence-corrected chi connectivity index (χ2v) is 26.7.